The number of nitrogen functional groups attached to an aromatic ring is 1. The van der Waals surface area contributed by atoms with E-state index in [0.717, 1.165) is 5.03 Å². The molecule has 0 radical (unpaired) electrons. The smallest absolute Gasteiger partial charge is 0.0944 e. The SMILES string of the molecule is CSc1cccn1N. The summed E-state index contributed by atoms with van der Waals surface area (Å²) in [5.41, 5.74) is 0. The van der Waals surface area contributed by atoms with Crippen molar-refractivity contribution in [2.45, 2.75) is 5.03 Å². The van der Waals surface area contributed by atoms with E-state index in [2.05, 4.69) is 0 Å². The molecule has 0 atom stereocenters. The molecule has 2 N–H and O–H groups in total. The number of nitrogens with two attached hydrogens (primary N) is 1. The second kappa shape index (κ2) is 2.13. The minimum Gasteiger partial charge on any atom is -0.339 e. The van der Waals surface area contributed by atoms with Crippen LogP contribution < -0.4 is 5.84 Å². The summed E-state index contributed by atoms with van der Waals surface area (Å²) < 4.78 is 1.60. The van der Waals surface area contributed by atoms with Gasteiger partial charge in [-0.05, 0) is 18.4 Å². The number of aromatic nitrogens is 1. The predicted octanol–water partition coefficient (Wildman–Crippen LogP) is 0.924. The van der Waals surface area contributed by atoms with Crippen LogP contribution in [0.4, 0.5) is 0 Å². The van der Waals surface area contributed by atoms with Crippen molar-refractivity contribution in [3.63, 3.8) is 0 Å². The molecule has 2 nitrogen and oxygen atoms in total. The number of hydrogen-bond acceptors (Lipinski definition) is 2. The maximum Gasteiger partial charge on any atom is 0.0944 e. The first-order valence-electron chi connectivity index (χ1n) is 2.31. The van der Waals surface area contributed by atoms with Crippen LogP contribution in [0.5, 0.6) is 0 Å². The molecule has 3 heteroatoms. The lowest BCUT2D eigenvalue weighted by Crippen LogP contribution is -2.06. The van der Waals surface area contributed by atoms with E-state index in [4.69, 9.17) is 5.84 Å². The highest BCUT2D eigenvalue weighted by Gasteiger charge is 1.90. The third-order valence-corrected chi connectivity index (χ3v) is 1.71. The fourth-order valence-corrected chi connectivity index (χ4v) is 1.04. The summed E-state index contributed by atoms with van der Waals surface area (Å²) in [6.45, 7) is 0. The number of thioether (sulfide) groups is 1. The molecule has 0 amide bonds. The van der Waals surface area contributed by atoms with Gasteiger partial charge in [-0.25, -0.2) is 0 Å². The van der Waals surface area contributed by atoms with Crippen LogP contribution in [0.2, 0.25) is 0 Å². The molecule has 0 aromatic carbocycles. The molecular formula is C5H8N2S. The Hall–Kier alpha value is -0.570. The lowest BCUT2D eigenvalue weighted by atomic mass is 10.7. The van der Waals surface area contributed by atoms with Gasteiger partial charge in [-0.2, -0.15) is 0 Å². The Morgan fingerprint density at radius 2 is 2.50 bits per heavy atom. The quantitative estimate of drug-likeness (QED) is 0.450. The van der Waals surface area contributed by atoms with Gasteiger partial charge in [0, 0.05) is 6.20 Å². The molecule has 0 fully saturated rings. The van der Waals surface area contributed by atoms with Gasteiger partial charge in [-0.15, -0.1) is 11.8 Å². The number of hydrogen-bond donors (Lipinski definition) is 1. The zero-order chi connectivity index (χ0) is 5.98. The van der Waals surface area contributed by atoms with Gasteiger partial charge >= 0.3 is 0 Å². The molecular weight excluding hydrogens is 120 g/mol. The van der Waals surface area contributed by atoms with E-state index in [1.54, 1.807) is 16.4 Å². The average molecular weight is 128 g/mol. The summed E-state index contributed by atoms with van der Waals surface area (Å²) in [5, 5.41) is 1.09. The monoisotopic (exact) mass is 128 g/mol. The fraction of sp³-hybridized carbons (Fsp3) is 0.200. The molecule has 1 aromatic heterocycles. The van der Waals surface area contributed by atoms with Crippen LogP contribution in [0.1, 0.15) is 0 Å². The Bertz CT molecular complexity index is 171. The van der Waals surface area contributed by atoms with E-state index in [-0.39, 0.29) is 0 Å². The maximum absolute atomic E-state index is 5.45. The minimum atomic E-state index is 1.09. The van der Waals surface area contributed by atoms with Crippen molar-refractivity contribution in [3.8, 4) is 0 Å². The Kier molecular flexibility index (Phi) is 1.48. The second-order valence-corrected chi connectivity index (χ2v) is 2.28. The second-order valence-electron chi connectivity index (χ2n) is 1.46. The first-order chi connectivity index (χ1) is 3.84. The standard InChI is InChI=1S/C5H8N2S/c1-8-5-3-2-4-7(5)6/h2-4H,6H2,1H3. The normalized spacial score (nSPS) is 9.62. The highest BCUT2D eigenvalue weighted by atomic mass is 32.2. The third-order valence-electron chi connectivity index (χ3n) is 0.949. The molecule has 0 aliphatic rings. The lowest BCUT2D eigenvalue weighted by molar-refractivity contribution is 0.905. The van der Waals surface area contributed by atoms with E-state index in [1.165, 1.54) is 0 Å². The molecule has 8 heavy (non-hydrogen) atoms. The molecule has 1 aromatic rings. The topological polar surface area (TPSA) is 30.9 Å². The van der Waals surface area contributed by atoms with Gasteiger partial charge in [-0.3, -0.25) is 4.68 Å². The van der Waals surface area contributed by atoms with Crippen LogP contribution >= 0.6 is 11.8 Å². The minimum absolute atomic E-state index is 1.09. The van der Waals surface area contributed by atoms with Crippen LogP contribution in [0.3, 0.4) is 0 Å². The van der Waals surface area contributed by atoms with E-state index in [1.807, 2.05) is 24.6 Å². The van der Waals surface area contributed by atoms with Crippen LogP contribution in [0.15, 0.2) is 23.4 Å². The van der Waals surface area contributed by atoms with Crippen molar-refractivity contribution in [3.05, 3.63) is 18.3 Å². The molecule has 0 spiro atoms. The maximum atomic E-state index is 5.45. The first-order valence-corrected chi connectivity index (χ1v) is 3.53. The average Bonchev–Trinajstić information content (AvgIpc) is 2.14. The summed E-state index contributed by atoms with van der Waals surface area (Å²) in [6, 6.07) is 3.90. The van der Waals surface area contributed by atoms with Crippen LogP contribution in [0.25, 0.3) is 0 Å². The van der Waals surface area contributed by atoms with Crippen molar-refractivity contribution in [2.24, 2.45) is 0 Å². The lowest BCUT2D eigenvalue weighted by Gasteiger charge is -1.94. The van der Waals surface area contributed by atoms with Gasteiger partial charge in [-0.1, -0.05) is 0 Å². The molecule has 0 aliphatic carbocycles. The highest BCUT2D eigenvalue weighted by molar-refractivity contribution is 7.98. The molecule has 0 saturated heterocycles. The Balaban J connectivity index is 2.92. The third kappa shape index (κ3) is 0.816. The van der Waals surface area contributed by atoms with Crippen LogP contribution in [0, 0.1) is 0 Å². The predicted molar refractivity (Wildman–Crippen MR) is 36.4 cm³/mol. The zero-order valence-corrected chi connectivity index (χ0v) is 5.48. The van der Waals surface area contributed by atoms with Crippen molar-refractivity contribution in [2.75, 3.05) is 12.1 Å². The molecule has 0 bridgehead atoms. The summed E-state index contributed by atoms with van der Waals surface area (Å²) in [5.74, 6) is 5.45. The zero-order valence-electron chi connectivity index (χ0n) is 4.66. The molecule has 0 aliphatic heterocycles. The van der Waals surface area contributed by atoms with E-state index in [0.29, 0.717) is 0 Å². The van der Waals surface area contributed by atoms with E-state index < -0.39 is 0 Å². The molecule has 1 heterocycles. The summed E-state index contributed by atoms with van der Waals surface area (Å²) >= 11 is 1.64. The van der Waals surface area contributed by atoms with Crippen molar-refractivity contribution in [1.82, 2.24) is 4.68 Å². The highest BCUT2D eigenvalue weighted by Crippen LogP contribution is 2.11. The van der Waals surface area contributed by atoms with Crippen LogP contribution in [-0.2, 0) is 0 Å². The van der Waals surface area contributed by atoms with Gasteiger partial charge in [0.05, 0.1) is 5.03 Å². The van der Waals surface area contributed by atoms with Gasteiger partial charge in [0.2, 0.25) is 0 Å². The Morgan fingerprint density at radius 3 is 2.75 bits per heavy atom. The molecule has 1 rings (SSSR count). The molecule has 0 unspecified atom stereocenters. The number of nitrogens with zero attached hydrogens (tertiary/aromatic N) is 1. The molecule has 0 saturated carbocycles. The van der Waals surface area contributed by atoms with Gasteiger partial charge in [0.25, 0.3) is 0 Å². The van der Waals surface area contributed by atoms with Gasteiger partial charge < -0.3 is 5.84 Å². The van der Waals surface area contributed by atoms with Crippen molar-refractivity contribution >= 4 is 11.8 Å². The largest absolute Gasteiger partial charge is 0.339 e. The van der Waals surface area contributed by atoms with Crippen molar-refractivity contribution < 1.29 is 0 Å². The first kappa shape index (κ1) is 5.56. The Labute approximate surface area is 52.6 Å². The van der Waals surface area contributed by atoms with Gasteiger partial charge in [0.1, 0.15) is 0 Å². The summed E-state index contributed by atoms with van der Waals surface area (Å²) in [6.07, 6.45) is 3.82. The summed E-state index contributed by atoms with van der Waals surface area (Å²) in [7, 11) is 0. The van der Waals surface area contributed by atoms with E-state index in [9.17, 15) is 0 Å². The van der Waals surface area contributed by atoms with E-state index >= 15 is 0 Å². The summed E-state index contributed by atoms with van der Waals surface area (Å²) in [4.78, 5) is 0. The Morgan fingerprint density at radius 1 is 1.75 bits per heavy atom. The van der Waals surface area contributed by atoms with Crippen LogP contribution in [-0.4, -0.2) is 10.9 Å². The van der Waals surface area contributed by atoms with Crippen molar-refractivity contribution in [1.29, 1.82) is 0 Å². The molecule has 44 valence electrons. The number of rotatable bonds is 1. The fourth-order valence-electron chi connectivity index (χ4n) is 0.551. The van der Waals surface area contributed by atoms with Gasteiger partial charge in [0.15, 0.2) is 0 Å².